The van der Waals surface area contributed by atoms with Crippen molar-refractivity contribution in [3.05, 3.63) is 17.5 Å². The fourth-order valence-corrected chi connectivity index (χ4v) is 3.31. The van der Waals surface area contributed by atoms with Crippen molar-refractivity contribution in [2.24, 2.45) is 0 Å². The van der Waals surface area contributed by atoms with Gasteiger partial charge in [0, 0.05) is 31.0 Å². The van der Waals surface area contributed by atoms with Crippen LogP contribution in [-0.4, -0.2) is 60.1 Å². The van der Waals surface area contributed by atoms with Crippen LogP contribution in [-0.2, 0) is 24.8 Å². The summed E-state index contributed by atoms with van der Waals surface area (Å²) in [7, 11) is -3.56. The molecule has 1 aliphatic heterocycles. The van der Waals surface area contributed by atoms with Crippen molar-refractivity contribution in [2.45, 2.75) is 57.2 Å². The number of nitrogens with zero attached hydrogens (tertiary/aromatic N) is 3. The van der Waals surface area contributed by atoms with E-state index in [-0.39, 0.29) is 35.6 Å². The summed E-state index contributed by atoms with van der Waals surface area (Å²) >= 11 is 0. The first kappa shape index (κ1) is 20.3. The molecule has 1 aliphatic rings. The average Bonchev–Trinajstić information content (AvgIpc) is 2.46. The number of hydrogen-bond acceptors (Lipinski definition) is 7. The van der Waals surface area contributed by atoms with Gasteiger partial charge in [-0.3, -0.25) is 9.59 Å². The van der Waals surface area contributed by atoms with Crippen LogP contribution in [0.4, 0.5) is 0 Å². The van der Waals surface area contributed by atoms with Crippen LogP contribution >= 0.6 is 0 Å². The van der Waals surface area contributed by atoms with E-state index in [4.69, 9.17) is 4.74 Å². The first-order chi connectivity index (χ1) is 11.7. The summed E-state index contributed by atoms with van der Waals surface area (Å²) in [4.78, 5) is 34.1. The molecule has 1 amide bonds. The molecule has 0 aliphatic carbocycles. The fraction of sp³-hybridized carbons (Fsp3) is 0.647. The lowest BCUT2D eigenvalue weighted by atomic mass is 9.82. The summed E-state index contributed by atoms with van der Waals surface area (Å²) in [6, 6.07) is 0. The number of carbonyl (C=O) groups excluding carboxylic acids is 2. The van der Waals surface area contributed by atoms with E-state index < -0.39 is 20.9 Å². The van der Waals surface area contributed by atoms with Gasteiger partial charge in [0.25, 0.3) is 5.91 Å². The number of esters is 1. The van der Waals surface area contributed by atoms with Crippen molar-refractivity contribution in [1.82, 2.24) is 14.9 Å². The van der Waals surface area contributed by atoms with Crippen LogP contribution in [0.2, 0.25) is 0 Å². The van der Waals surface area contributed by atoms with Crippen LogP contribution in [0.3, 0.4) is 0 Å². The van der Waals surface area contributed by atoms with E-state index in [1.54, 1.807) is 25.7 Å². The standard InChI is InChI=1S/C17H25N3O5S/c1-16(2,3)25-12(21)7-8-20-10-17(4,5)13-11(14(20)22)9-18-15(19-13)26(6,23)24/h9H,7-8,10H2,1-6H3. The van der Waals surface area contributed by atoms with Gasteiger partial charge in [-0.2, -0.15) is 0 Å². The van der Waals surface area contributed by atoms with Gasteiger partial charge in [0.15, 0.2) is 0 Å². The average molecular weight is 383 g/mol. The molecule has 0 aromatic carbocycles. The van der Waals surface area contributed by atoms with Gasteiger partial charge < -0.3 is 9.64 Å². The third-order valence-electron chi connectivity index (χ3n) is 3.85. The molecule has 0 spiro atoms. The second kappa shape index (κ2) is 6.61. The quantitative estimate of drug-likeness (QED) is 0.570. The first-order valence-electron chi connectivity index (χ1n) is 8.29. The normalized spacial score (nSPS) is 17.0. The minimum Gasteiger partial charge on any atom is -0.460 e. The fourth-order valence-electron chi connectivity index (χ4n) is 2.81. The molecule has 0 N–H and O–H groups in total. The number of ether oxygens (including phenoxy) is 1. The molecule has 0 radical (unpaired) electrons. The zero-order valence-corrected chi connectivity index (χ0v) is 16.8. The molecule has 0 fully saturated rings. The Labute approximate surface area is 153 Å². The summed E-state index contributed by atoms with van der Waals surface area (Å²) in [6.45, 7) is 9.63. The molecular formula is C17H25N3O5S. The summed E-state index contributed by atoms with van der Waals surface area (Å²) in [6.07, 6.45) is 2.36. The predicted molar refractivity (Wildman–Crippen MR) is 94.5 cm³/mol. The van der Waals surface area contributed by atoms with Crippen LogP contribution in [0.25, 0.3) is 0 Å². The molecule has 0 unspecified atom stereocenters. The first-order valence-corrected chi connectivity index (χ1v) is 10.2. The van der Waals surface area contributed by atoms with Crippen LogP contribution in [0.5, 0.6) is 0 Å². The maximum Gasteiger partial charge on any atom is 0.308 e. The van der Waals surface area contributed by atoms with E-state index in [1.165, 1.54) is 6.20 Å². The molecule has 1 aromatic heterocycles. The Morgan fingerprint density at radius 2 is 1.96 bits per heavy atom. The van der Waals surface area contributed by atoms with E-state index in [9.17, 15) is 18.0 Å². The molecule has 9 heteroatoms. The smallest absolute Gasteiger partial charge is 0.308 e. The summed E-state index contributed by atoms with van der Waals surface area (Å²) in [5.41, 5.74) is -0.478. The molecule has 26 heavy (non-hydrogen) atoms. The SMILES string of the molecule is CC(C)(C)OC(=O)CCN1CC(C)(C)c2nc(S(C)(=O)=O)ncc2C1=O. The number of fused-ring (bicyclic) bond motifs is 1. The number of carbonyl (C=O) groups is 2. The minimum absolute atomic E-state index is 0.0801. The van der Waals surface area contributed by atoms with Gasteiger partial charge in [0.05, 0.1) is 17.7 Å². The predicted octanol–water partition coefficient (Wildman–Crippen LogP) is 1.35. The Hall–Kier alpha value is -2.03. The van der Waals surface area contributed by atoms with Gasteiger partial charge in [-0.15, -0.1) is 0 Å². The van der Waals surface area contributed by atoms with Crippen LogP contribution in [0, 0.1) is 0 Å². The van der Waals surface area contributed by atoms with Crippen molar-refractivity contribution in [3.63, 3.8) is 0 Å². The van der Waals surface area contributed by atoms with E-state index in [0.29, 0.717) is 12.2 Å². The lowest BCUT2D eigenvalue weighted by molar-refractivity contribution is -0.155. The highest BCUT2D eigenvalue weighted by molar-refractivity contribution is 7.90. The second-order valence-corrected chi connectivity index (χ2v) is 10.0. The Bertz CT molecular complexity index is 840. The van der Waals surface area contributed by atoms with E-state index in [0.717, 1.165) is 6.26 Å². The van der Waals surface area contributed by atoms with Crippen LogP contribution < -0.4 is 0 Å². The minimum atomic E-state index is -3.56. The second-order valence-electron chi connectivity index (χ2n) is 8.13. The van der Waals surface area contributed by atoms with Gasteiger partial charge in [-0.25, -0.2) is 18.4 Å². The molecule has 0 saturated carbocycles. The number of hydrogen-bond donors (Lipinski definition) is 0. The Morgan fingerprint density at radius 3 is 2.50 bits per heavy atom. The molecular weight excluding hydrogens is 358 g/mol. The van der Waals surface area contributed by atoms with Gasteiger partial charge in [-0.05, 0) is 20.8 Å². The van der Waals surface area contributed by atoms with Crippen LogP contribution in [0.1, 0.15) is 57.1 Å². The maximum atomic E-state index is 12.7. The van der Waals surface area contributed by atoms with Crippen molar-refractivity contribution < 1.29 is 22.7 Å². The number of aromatic nitrogens is 2. The van der Waals surface area contributed by atoms with Gasteiger partial charge >= 0.3 is 5.97 Å². The zero-order valence-electron chi connectivity index (χ0n) is 16.0. The maximum absolute atomic E-state index is 12.7. The largest absolute Gasteiger partial charge is 0.460 e. The molecule has 0 bridgehead atoms. The third-order valence-corrected chi connectivity index (χ3v) is 4.71. The summed E-state index contributed by atoms with van der Waals surface area (Å²) in [5, 5.41) is -0.292. The van der Waals surface area contributed by atoms with Gasteiger partial charge in [-0.1, -0.05) is 13.8 Å². The zero-order chi connectivity index (χ0) is 19.9. The Kier molecular flexibility index (Phi) is 5.15. The lowest BCUT2D eigenvalue weighted by Crippen LogP contribution is -2.48. The van der Waals surface area contributed by atoms with E-state index in [2.05, 4.69) is 9.97 Å². The summed E-state index contributed by atoms with van der Waals surface area (Å²) < 4.78 is 28.7. The highest BCUT2D eigenvalue weighted by Crippen LogP contribution is 2.32. The number of sulfone groups is 1. The van der Waals surface area contributed by atoms with Crippen molar-refractivity contribution >= 4 is 21.7 Å². The monoisotopic (exact) mass is 383 g/mol. The van der Waals surface area contributed by atoms with Crippen molar-refractivity contribution in [3.8, 4) is 0 Å². The van der Waals surface area contributed by atoms with Crippen molar-refractivity contribution in [2.75, 3.05) is 19.3 Å². The highest BCUT2D eigenvalue weighted by Gasteiger charge is 2.39. The van der Waals surface area contributed by atoms with Gasteiger partial charge in [0.1, 0.15) is 5.60 Å². The Balaban J connectivity index is 2.24. The van der Waals surface area contributed by atoms with E-state index >= 15 is 0 Å². The van der Waals surface area contributed by atoms with Crippen molar-refractivity contribution in [1.29, 1.82) is 0 Å². The highest BCUT2D eigenvalue weighted by atomic mass is 32.2. The third kappa shape index (κ3) is 4.57. The molecule has 2 rings (SSSR count). The van der Waals surface area contributed by atoms with E-state index in [1.807, 2.05) is 13.8 Å². The number of amides is 1. The van der Waals surface area contributed by atoms with Crippen LogP contribution in [0.15, 0.2) is 11.4 Å². The number of rotatable bonds is 4. The lowest BCUT2D eigenvalue weighted by Gasteiger charge is -2.38. The van der Waals surface area contributed by atoms with Gasteiger partial charge in [0.2, 0.25) is 15.0 Å². The summed E-state index contributed by atoms with van der Waals surface area (Å²) in [5.74, 6) is -0.694. The molecule has 0 atom stereocenters. The molecule has 8 nitrogen and oxygen atoms in total. The molecule has 2 heterocycles. The molecule has 144 valence electrons. The topological polar surface area (TPSA) is 107 Å². The molecule has 1 aromatic rings. The molecule has 0 saturated heterocycles. The Morgan fingerprint density at radius 1 is 1.35 bits per heavy atom.